The van der Waals surface area contributed by atoms with Gasteiger partial charge in [0.2, 0.25) is 0 Å². The molecule has 0 bridgehead atoms. The van der Waals surface area contributed by atoms with E-state index in [-0.39, 0.29) is 0 Å². The van der Waals surface area contributed by atoms with Crippen molar-refractivity contribution in [1.82, 2.24) is 10.2 Å². The molecule has 0 amide bonds. The van der Waals surface area contributed by atoms with E-state index >= 15 is 0 Å². The third kappa shape index (κ3) is 4.95. The van der Waals surface area contributed by atoms with Gasteiger partial charge in [0, 0.05) is 17.0 Å². The van der Waals surface area contributed by atoms with E-state index in [1.807, 2.05) is 0 Å². The third-order valence-electron chi connectivity index (χ3n) is 2.56. The normalized spacial score (nSPS) is 15.4. The molecule has 0 aliphatic carbocycles. The Hall–Kier alpha value is 0.1000. The van der Waals surface area contributed by atoms with Crippen LogP contribution in [0.25, 0.3) is 0 Å². The van der Waals surface area contributed by atoms with Gasteiger partial charge < -0.3 is 10.2 Å². The van der Waals surface area contributed by atoms with Gasteiger partial charge in [-0.25, -0.2) is 0 Å². The molecule has 1 rings (SSSR count). The zero-order valence-electron chi connectivity index (χ0n) is 10.5. The first kappa shape index (κ1) is 14.2. The van der Waals surface area contributed by atoms with Gasteiger partial charge in [0.15, 0.2) is 0 Å². The molecule has 4 heteroatoms. The van der Waals surface area contributed by atoms with Gasteiger partial charge in [-0.15, -0.1) is 11.3 Å². The van der Waals surface area contributed by atoms with Gasteiger partial charge >= 0.3 is 0 Å². The van der Waals surface area contributed by atoms with Crippen molar-refractivity contribution in [2.45, 2.75) is 32.4 Å². The molecule has 0 fully saturated rings. The van der Waals surface area contributed by atoms with E-state index in [9.17, 15) is 0 Å². The molecule has 0 aliphatic rings. The fraction of sp³-hybridized carbons (Fsp3) is 0.667. The minimum absolute atomic E-state index is 0.438. The van der Waals surface area contributed by atoms with Gasteiger partial charge in [-0.2, -0.15) is 0 Å². The van der Waals surface area contributed by atoms with Crippen molar-refractivity contribution in [3.8, 4) is 0 Å². The van der Waals surface area contributed by atoms with Crippen molar-refractivity contribution >= 4 is 27.3 Å². The van der Waals surface area contributed by atoms with Crippen LogP contribution in [0, 0.1) is 0 Å². The predicted octanol–water partition coefficient (Wildman–Crippen LogP) is 3.50. The quantitative estimate of drug-likeness (QED) is 0.865. The highest BCUT2D eigenvalue weighted by Crippen LogP contribution is 2.27. The van der Waals surface area contributed by atoms with E-state index in [2.05, 4.69) is 66.2 Å². The van der Waals surface area contributed by atoms with Crippen molar-refractivity contribution in [2.24, 2.45) is 0 Å². The molecule has 0 aliphatic heterocycles. The Kier molecular flexibility index (Phi) is 5.97. The van der Waals surface area contributed by atoms with Crippen LogP contribution in [-0.2, 0) is 0 Å². The molecule has 1 heterocycles. The summed E-state index contributed by atoms with van der Waals surface area (Å²) in [6.45, 7) is 5.61. The molecule has 0 aromatic carbocycles. The second-order valence-electron chi connectivity index (χ2n) is 4.52. The zero-order chi connectivity index (χ0) is 12.1. The molecule has 2 nitrogen and oxygen atoms in total. The highest BCUT2D eigenvalue weighted by Gasteiger charge is 2.11. The molecule has 1 aromatic rings. The lowest BCUT2D eigenvalue weighted by molar-refractivity contribution is 0.355. The lowest BCUT2D eigenvalue weighted by atomic mass is 10.2. The zero-order valence-corrected chi connectivity index (χ0v) is 12.9. The van der Waals surface area contributed by atoms with Crippen LogP contribution in [0.15, 0.2) is 15.9 Å². The highest BCUT2D eigenvalue weighted by molar-refractivity contribution is 9.11. The number of rotatable bonds is 6. The number of nitrogens with zero attached hydrogens (tertiary/aromatic N) is 1. The molecule has 1 N–H and O–H groups in total. The molecule has 1 aromatic heterocycles. The largest absolute Gasteiger partial charge is 0.309 e. The first-order chi connectivity index (χ1) is 7.49. The highest BCUT2D eigenvalue weighted by atomic mass is 79.9. The molecular formula is C12H21BrN2S. The first-order valence-electron chi connectivity index (χ1n) is 5.65. The fourth-order valence-corrected chi connectivity index (χ4v) is 3.04. The van der Waals surface area contributed by atoms with Crippen LogP contribution in [0.2, 0.25) is 0 Å². The van der Waals surface area contributed by atoms with Gasteiger partial charge in [-0.3, -0.25) is 0 Å². The summed E-state index contributed by atoms with van der Waals surface area (Å²) in [5.74, 6) is 0. The summed E-state index contributed by atoms with van der Waals surface area (Å²) in [5.41, 5.74) is 0. The Bertz CT molecular complexity index is 312. The van der Waals surface area contributed by atoms with E-state index in [0.717, 1.165) is 6.54 Å². The van der Waals surface area contributed by atoms with Gasteiger partial charge in [0.05, 0.1) is 3.79 Å². The number of thiophene rings is 1. The fourth-order valence-electron chi connectivity index (χ4n) is 1.61. The van der Waals surface area contributed by atoms with E-state index < -0.39 is 0 Å². The summed E-state index contributed by atoms with van der Waals surface area (Å²) in [6.07, 6.45) is 1.18. The molecule has 2 atom stereocenters. The van der Waals surface area contributed by atoms with E-state index in [0.29, 0.717) is 12.1 Å². The maximum atomic E-state index is 3.63. The summed E-state index contributed by atoms with van der Waals surface area (Å²) >= 11 is 5.31. The molecule has 0 saturated heterocycles. The number of hydrogen-bond acceptors (Lipinski definition) is 3. The molecule has 0 saturated carbocycles. The summed E-state index contributed by atoms with van der Waals surface area (Å²) in [4.78, 5) is 3.62. The maximum absolute atomic E-state index is 3.63. The summed E-state index contributed by atoms with van der Waals surface area (Å²) < 4.78 is 1.21. The molecule has 16 heavy (non-hydrogen) atoms. The lowest BCUT2D eigenvalue weighted by Gasteiger charge is -2.20. The summed E-state index contributed by atoms with van der Waals surface area (Å²) in [5, 5.41) is 3.63. The summed E-state index contributed by atoms with van der Waals surface area (Å²) in [7, 11) is 4.24. The topological polar surface area (TPSA) is 15.3 Å². The van der Waals surface area contributed by atoms with Crippen LogP contribution in [0.4, 0.5) is 0 Å². The number of halogens is 1. The van der Waals surface area contributed by atoms with Gasteiger partial charge in [0.25, 0.3) is 0 Å². The standard InChI is InChI=1S/C12H21BrN2S/c1-9(7-8-15(3)4)14-10(2)11-5-6-12(13)16-11/h5-6,9-10,14H,7-8H2,1-4H3. The Morgan fingerprint density at radius 2 is 2.06 bits per heavy atom. The van der Waals surface area contributed by atoms with E-state index in [1.165, 1.54) is 15.1 Å². The SMILES string of the molecule is CC(CCN(C)C)NC(C)c1ccc(Br)s1. The van der Waals surface area contributed by atoms with Crippen molar-refractivity contribution < 1.29 is 0 Å². The monoisotopic (exact) mass is 304 g/mol. The molecule has 0 radical (unpaired) electrons. The molecule has 2 unspecified atom stereocenters. The molecular weight excluding hydrogens is 284 g/mol. The minimum Gasteiger partial charge on any atom is -0.309 e. The second-order valence-corrected chi connectivity index (χ2v) is 7.02. The van der Waals surface area contributed by atoms with Crippen molar-refractivity contribution in [2.75, 3.05) is 20.6 Å². The van der Waals surface area contributed by atoms with Crippen LogP contribution in [0.5, 0.6) is 0 Å². The first-order valence-corrected chi connectivity index (χ1v) is 7.26. The Morgan fingerprint density at radius 3 is 2.56 bits per heavy atom. The smallest absolute Gasteiger partial charge is 0.0701 e. The molecule has 0 spiro atoms. The average Bonchev–Trinajstić information content (AvgIpc) is 2.62. The van der Waals surface area contributed by atoms with Crippen LogP contribution in [-0.4, -0.2) is 31.6 Å². The number of nitrogens with one attached hydrogen (secondary N) is 1. The maximum Gasteiger partial charge on any atom is 0.0701 e. The van der Waals surface area contributed by atoms with E-state index in [1.54, 1.807) is 11.3 Å². The van der Waals surface area contributed by atoms with Gasteiger partial charge in [-0.05, 0) is 69.0 Å². The second kappa shape index (κ2) is 6.74. The van der Waals surface area contributed by atoms with Crippen molar-refractivity contribution in [3.63, 3.8) is 0 Å². The van der Waals surface area contributed by atoms with Crippen LogP contribution < -0.4 is 5.32 Å². The Balaban J connectivity index is 2.36. The third-order valence-corrected chi connectivity index (χ3v) is 4.37. The van der Waals surface area contributed by atoms with Crippen LogP contribution in [0.1, 0.15) is 31.2 Å². The van der Waals surface area contributed by atoms with Crippen molar-refractivity contribution in [1.29, 1.82) is 0 Å². The molecule has 92 valence electrons. The van der Waals surface area contributed by atoms with Crippen molar-refractivity contribution in [3.05, 3.63) is 20.8 Å². The number of hydrogen-bond donors (Lipinski definition) is 1. The van der Waals surface area contributed by atoms with Crippen LogP contribution >= 0.6 is 27.3 Å². The predicted molar refractivity (Wildman–Crippen MR) is 76.2 cm³/mol. The Morgan fingerprint density at radius 1 is 1.38 bits per heavy atom. The van der Waals surface area contributed by atoms with Gasteiger partial charge in [0.1, 0.15) is 0 Å². The Labute approximate surface area is 111 Å². The van der Waals surface area contributed by atoms with E-state index in [4.69, 9.17) is 0 Å². The van der Waals surface area contributed by atoms with Gasteiger partial charge in [-0.1, -0.05) is 0 Å². The minimum atomic E-state index is 0.438. The van der Waals surface area contributed by atoms with Crippen LogP contribution in [0.3, 0.4) is 0 Å². The lowest BCUT2D eigenvalue weighted by Crippen LogP contribution is -2.31. The average molecular weight is 305 g/mol. The summed E-state index contributed by atoms with van der Waals surface area (Å²) in [6, 6.07) is 5.29.